The molecule has 3 heterocycles. The monoisotopic (exact) mass is 409 g/mol. The highest BCUT2D eigenvalue weighted by Crippen LogP contribution is 2.34. The molecular formula is C24H19N5O2. The molecule has 0 unspecified atom stereocenters. The van der Waals surface area contributed by atoms with Crippen molar-refractivity contribution in [3.8, 4) is 6.07 Å². The Bertz CT molecular complexity index is 1550. The number of aromatic nitrogens is 3. The second-order valence-corrected chi connectivity index (χ2v) is 7.43. The average Bonchev–Trinajstić information content (AvgIpc) is 3.28. The molecule has 0 aliphatic rings. The number of hydrogen-bond donors (Lipinski definition) is 2. The molecule has 0 radical (unpaired) electrons. The van der Waals surface area contributed by atoms with Gasteiger partial charge in [-0.1, -0.05) is 18.2 Å². The van der Waals surface area contributed by atoms with E-state index in [4.69, 9.17) is 0 Å². The number of fused-ring (bicyclic) bond motifs is 4. The van der Waals surface area contributed by atoms with Crippen LogP contribution in [0.2, 0.25) is 0 Å². The number of para-hydroxylation sites is 1. The molecule has 152 valence electrons. The van der Waals surface area contributed by atoms with Crippen LogP contribution in [0.5, 0.6) is 0 Å². The third-order valence-corrected chi connectivity index (χ3v) is 5.77. The van der Waals surface area contributed by atoms with Gasteiger partial charge in [0.1, 0.15) is 6.07 Å². The molecule has 5 aromatic rings. The lowest BCUT2D eigenvalue weighted by Gasteiger charge is -2.12. The molecule has 0 aliphatic carbocycles. The zero-order chi connectivity index (χ0) is 21.7. The van der Waals surface area contributed by atoms with E-state index in [1.807, 2.05) is 18.2 Å². The Labute approximate surface area is 177 Å². The summed E-state index contributed by atoms with van der Waals surface area (Å²) in [6.45, 7) is 4.72. The summed E-state index contributed by atoms with van der Waals surface area (Å²) in [5, 5.41) is 29.0. The number of nitriles is 1. The van der Waals surface area contributed by atoms with Crippen molar-refractivity contribution in [2.75, 3.05) is 5.32 Å². The number of rotatable bonds is 4. The zero-order valence-electron chi connectivity index (χ0n) is 17.0. The molecule has 0 aliphatic heterocycles. The summed E-state index contributed by atoms with van der Waals surface area (Å²) in [6, 6.07) is 16.6. The molecule has 0 fully saturated rings. The molecule has 0 amide bonds. The molecule has 0 spiro atoms. The maximum absolute atomic E-state index is 11.6. The third kappa shape index (κ3) is 2.73. The van der Waals surface area contributed by atoms with E-state index >= 15 is 0 Å². The lowest BCUT2D eigenvalue weighted by Crippen LogP contribution is -2.01. The lowest BCUT2D eigenvalue weighted by atomic mass is 10.1. The number of carboxylic acids is 1. The predicted octanol–water partition coefficient (Wildman–Crippen LogP) is 5.08. The summed E-state index contributed by atoms with van der Waals surface area (Å²) in [5.41, 5.74) is 5.32. The largest absolute Gasteiger partial charge is 0.478 e. The summed E-state index contributed by atoms with van der Waals surface area (Å²) in [6.07, 6.45) is 2.92. The second kappa shape index (κ2) is 6.89. The number of nitrogens with one attached hydrogen (secondary N) is 1. The highest BCUT2D eigenvalue weighted by Gasteiger charge is 2.19. The molecular weight excluding hydrogens is 390 g/mol. The van der Waals surface area contributed by atoms with Crippen LogP contribution in [0.4, 0.5) is 11.4 Å². The van der Waals surface area contributed by atoms with E-state index in [1.165, 1.54) is 22.4 Å². The van der Waals surface area contributed by atoms with E-state index in [1.54, 1.807) is 6.92 Å². The zero-order valence-corrected chi connectivity index (χ0v) is 17.0. The second-order valence-electron chi connectivity index (χ2n) is 7.43. The van der Waals surface area contributed by atoms with Gasteiger partial charge in [0.15, 0.2) is 0 Å². The molecule has 5 rings (SSSR count). The molecule has 7 nitrogen and oxygen atoms in total. The maximum Gasteiger partial charge on any atom is 0.337 e. The fourth-order valence-electron chi connectivity index (χ4n) is 4.33. The standard InChI is InChI=1S/C24H19N5O2/c1-3-28-20-7-5-4-6-17(20)18-10-16(8-9-21(18)28)27-22-15(11-25)12-26-29-13-19(24(30)31)14(2)23(22)29/h4-10,12-13,27H,3H2,1-2H3,(H,30,31). The first kappa shape index (κ1) is 18.7. The Morgan fingerprint density at radius 3 is 2.71 bits per heavy atom. The normalized spacial score (nSPS) is 11.3. The minimum atomic E-state index is -1.03. The summed E-state index contributed by atoms with van der Waals surface area (Å²) in [5.74, 6) is -1.03. The van der Waals surface area contributed by atoms with Crippen molar-refractivity contribution in [1.29, 1.82) is 5.26 Å². The van der Waals surface area contributed by atoms with Crippen LogP contribution >= 0.6 is 0 Å². The van der Waals surface area contributed by atoms with Gasteiger partial charge in [0.2, 0.25) is 0 Å². The van der Waals surface area contributed by atoms with E-state index < -0.39 is 5.97 Å². The lowest BCUT2D eigenvalue weighted by molar-refractivity contribution is 0.0696. The summed E-state index contributed by atoms with van der Waals surface area (Å²) in [7, 11) is 0. The van der Waals surface area contributed by atoms with Gasteiger partial charge in [-0.2, -0.15) is 10.4 Å². The van der Waals surface area contributed by atoms with Gasteiger partial charge < -0.3 is 15.0 Å². The van der Waals surface area contributed by atoms with Gasteiger partial charge >= 0.3 is 5.97 Å². The van der Waals surface area contributed by atoms with Crippen molar-refractivity contribution < 1.29 is 9.90 Å². The quantitative estimate of drug-likeness (QED) is 0.431. The molecule has 7 heteroatoms. The van der Waals surface area contributed by atoms with Crippen molar-refractivity contribution >= 4 is 44.7 Å². The summed E-state index contributed by atoms with van der Waals surface area (Å²) < 4.78 is 3.78. The number of anilines is 2. The van der Waals surface area contributed by atoms with Crippen molar-refractivity contribution in [1.82, 2.24) is 14.2 Å². The highest BCUT2D eigenvalue weighted by molar-refractivity contribution is 6.09. The number of carbonyl (C=O) groups is 1. The number of nitrogens with zero attached hydrogens (tertiary/aromatic N) is 4. The molecule has 0 bridgehead atoms. The first-order valence-corrected chi connectivity index (χ1v) is 9.95. The molecule has 3 aromatic heterocycles. The molecule has 0 atom stereocenters. The van der Waals surface area contributed by atoms with Crippen LogP contribution in [-0.4, -0.2) is 25.3 Å². The van der Waals surface area contributed by atoms with Crippen LogP contribution in [0.25, 0.3) is 27.3 Å². The number of aromatic carboxylic acids is 1. The van der Waals surface area contributed by atoms with Crippen LogP contribution in [-0.2, 0) is 6.54 Å². The number of aryl methyl sites for hydroxylation is 2. The number of benzene rings is 2. The minimum Gasteiger partial charge on any atom is -0.478 e. The molecule has 31 heavy (non-hydrogen) atoms. The van der Waals surface area contributed by atoms with E-state index in [0.29, 0.717) is 22.3 Å². The van der Waals surface area contributed by atoms with Crippen LogP contribution < -0.4 is 5.32 Å². The molecule has 2 aromatic carbocycles. The van der Waals surface area contributed by atoms with Gasteiger partial charge in [-0.3, -0.25) is 0 Å². The van der Waals surface area contributed by atoms with E-state index in [2.05, 4.69) is 52.2 Å². The summed E-state index contributed by atoms with van der Waals surface area (Å²) >= 11 is 0. The maximum atomic E-state index is 11.6. The SMILES string of the molecule is CCn1c2ccccc2c2cc(Nc3c(C#N)cnn4cc(C(=O)O)c(C)c34)ccc21. The summed E-state index contributed by atoms with van der Waals surface area (Å²) in [4.78, 5) is 11.6. The van der Waals surface area contributed by atoms with Crippen molar-refractivity contribution in [3.05, 3.63) is 71.5 Å². The van der Waals surface area contributed by atoms with Crippen molar-refractivity contribution in [3.63, 3.8) is 0 Å². The Hall–Kier alpha value is -4.31. The van der Waals surface area contributed by atoms with Crippen LogP contribution in [0, 0.1) is 18.3 Å². The molecule has 0 saturated heterocycles. The fourth-order valence-corrected chi connectivity index (χ4v) is 4.33. The van der Waals surface area contributed by atoms with Gasteiger partial charge in [-0.25, -0.2) is 9.31 Å². The minimum absolute atomic E-state index is 0.159. The van der Waals surface area contributed by atoms with Crippen LogP contribution in [0.3, 0.4) is 0 Å². The highest BCUT2D eigenvalue weighted by atomic mass is 16.4. The Balaban J connectivity index is 1.72. The first-order valence-electron chi connectivity index (χ1n) is 9.95. The van der Waals surface area contributed by atoms with Gasteiger partial charge in [-0.15, -0.1) is 0 Å². The smallest absolute Gasteiger partial charge is 0.337 e. The van der Waals surface area contributed by atoms with E-state index in [0.717, 1.165) is 28.5 Å². The predicted molar refractivity (Wildman–Crippen MR) is 120 cm³/mol. The number of carboxylic acid groups (broad SMARTS) is 1. The fraction of sp³-hybridized carbons (Fsp3) is 0.125. The van der Waals surface area contributed by atoms with Crippen LogP contribution in [0.1, 0.15) is 28.4 Å². The van der Waals surface area contributed by atoms with E-state index in [-0.39, 0.29) is 5.56 Å². The van der Waals surface area contributed by atoms with E-state index in [9.17, 15) is 15.2 Å². The van der Waals surface area contributed by atoms with Crippen molar-refractivity contribution in [2.24, 2.45) is 0 Å². The van der Waals surface area contributed by atoms with Crippen LogP contribution in [0.15, 0.2) is 54.9 Å². The Morgan fingerprint density at radius 1 is 1.19 bits per heavy atom. The number of hydrogen-bond acceptors (Lipinski definition) is 4. The Kier molecular flexibility index (Phi) is 4.15. The van der Waals surface area contributed by atoms with Gasteiger partial charge in [0.25, 0.3) is 0 Å². The Morgan fingerprint density at radius 2 is 1.97 bits per heavy atom. The average molecular weight is 409 g/mol. The molecule has 0 saturated carbocycles. The molecule has 2 N–H and O–H groups in total. The third-order valence-electron chi connectivity index (χ3n) is 5.77. The topological polar surface area (TPSA) is 95.4 Å². The first-order chi connectivity index (χ1) is 15.0. The van der Waals surface area contributed by atoms with Gasteiger partial charge in [0, 0.05) is 40.2 Å². The van der Waals surface area contributed by atoms with Gasteiger partial charge in [-0.05, 0) is 43.7 Å². The van der Waals surface area contributed by atoms with Crippen molar-refractivity contribution in [2.45, 2.75) is 20.4 Å². The van der Waals surface area contributed by atoms with Gasteiger partial charge in [0.05, 0.1) is 28.5 Å².